The van der Waals surface area contributed by atoms with Crippen LogP contribution in [-0.2, 0) is 11.0 Å². The minimum atomic E-state index is -4.58. The van der Waals surface area contributed by atoms with Gasteiger partial charge >= 0.3 is 6.18 Å². The van der Waals surface area contributed by atoms with Crippen molar-refractivity contribution in [3.05, 3.63) is 29.3 Å². The van der Waals surface area contributed by atoms with Crippen LogP contribution in [0.15, 0.2) is 18.2 Å². The number of amides is 2. The number of halogens is 3. The highest BCUT2D eigenvalue weighted by molar-refractivity contribution is 6.00. The van der Waals surface area contributed by atoms with Crippen molar-refractivity contribution >= 4 is 17.5 Å². The molecule has 0 aliphatic carbocycles. The van der Waals surface area contributed by atoms with Gasteiger partial charge in [0, 0.05) is 19.5 Å². The van der Waals surface area contributed by atoms with Crippen LogP contribution in [0, 0.1) is 0 Å². The largest absolute Gasteiger partial charge is 0.418 e. The highest BCUT2D eigenvalue weighted by Gasteiger charge is 2.35. The predicted molar refractivity (Wildman–Crippen MR) is 71.7 cm³/mol. The Kier molecular flexibility index (Phi) is 5.17. The van der Waals surface area contributed by atoms with Crippen LogP contribution in [0.4, 0.5) is 18.9 Å². The summed E-state index contributed by atoms with van der Waals surface area (Å²) in [6, 6.07) is 2.73. The molecule has 0 aliphatic heterocycles. The lowest BCUT2D eigenvalue weighted by Gasteiger charge is -2.18. The summed E-state index contributed by atoms with van der Waals surface area (Å²) in [7, 11) is 1.30. The standard InChI is InChI=1S/C13H16F3N3O2/c1-7(6-10(17)20)19-12(21)8-4-3-5-9(11(8)18-2)13(14,15)16/h3-5,7,18H,6H2,1-2H3,(H2,17,20)(H,19,21). The van der Waals surface area contributed by atoms with E-state index in [1.54, 1.807) is 0 Å². The van der Waals surface area contributed by atoms with Crippen LogP contribution in [0.3, 0.4) is 0 Å². The molecule has 0 aromatic heterocycles. The fourth-order valence-corrected chi connectivity index (χ4v) is 1.90. The Balaban J connectivity index is 3.08. The second-order valence-electron chi connectivity index (χ2n) is 4.52. The number of hydrogen-bond donors (Lipinski definition) is 3. The van der Waals surface area contributed by atoms with Gasteiger partial charge in [0.1, 0.15) is 0 Å². The van der Waals surface area contributed by atoms with Gasteiger partial charge in [-0.15, -0.1) is 0 Å². The highest BCUT2D eigenvalue weighted by atomic mass is 19.4. The molecule has 0 radical (unpaired) electrons. The van der Waals surface area contributed by atoms with Crippen molar-refractivity contribution in [3.63, 3.8) is 0 Å². The quantitative estimate of drug-likeness (QED) is 0.774. The third-order valence-corrected chi connectivity index (χ3v) is 2.75. The molecule has 0 saturated heterocycles. The van der Waals surface area contributed by atoms with Crippen molar-refractivity contribution in [3.8, 4) is 0 Å². The van der Waals surface area contributed by atoms with E-state index in [9.17, 15) is 22.8 Å². The zero-order valence-electron chi connectivity index (χ0n) is 11.5. The maximum absolute atomic E-state index is 12.9. The van der Waals surface area contributed by atoms with E-state index in [2.05, 4.69) is 10.6 Å². The molecule has 4 N–H and O–H groups in total. The molecule has 1 aromatic rings. The molecule has 116 valence electrons. The second-order valence-corrected chi connectivity index (χ2v) is 4.52. The minimum absolute atomic E-state index is 0.0976. The molecule has 21 heavy (non-hydrogen) atoms. The van der Waals surface area contributed by atoms with Crippen molar-refractivity contribution in [1.82, 2.24) is 5.32 Å². The Morgan fingerprint density at radius 3 is 2.43 bits per heavy atom. The van der Waals surface area contributed by atoms with E-state index in [4.69, 9.17) is 5.73 Å². The average Bonchev–Trinajstić information content (AvgIpc) is 2.35. The monoisotopic (exact) mass is 303 g/mol. The van der Waals surface area contributed by atoms with Gasteiger partial charge in [-0.25, -0.2) is 0 Å². The summed E-state index contributed by atoms with van der Waals surface area (Å²) in [6.45, 7) is 1.54. The molecule has 0 saturated carbocycles. The first-order valence-electron chi connectivity index (χ1n) is 6.14. The van der Waals surface area contributed by atoms with E-state index in [1.165, 1.54) is 20.0 Å². The van der Waals surface area contributed by atoms with Gasteiger partial charge in [0.05, 0.1) is 16.8 Å². The number of hydrogen-bond acceptors (Lipinski definition) is 3. The molecule has 0 spiro atoms. The van der Waals surface area contributed by atoms with Crippen LogP contribution in [0.25, 0.3) is 0 Å². The Bertz CT molecular complexity index is 544. The number of alkyl halides is 3. The molecular weight excluding hydrogens is 287 g/mol. The molecule has 1 aromatic carbocycles. The second kappa shape index (κ2) is 6.47. The van der Waals surface area contributed by atoms with Crippen molar-refractivity contribution in [2.45, 2.75) is 25.6 Å². The molecular formula is C13H16F3N3O2. The lowest BCUT2D eigenvalue weighted by Crippen LogP contribution is -2.36. The molecule has 0 heterocycles. The summed E-state index contributed by atoms with van der Waals surface area (Å²) >= 11 is 0. The Morgan fingerprint density at radius 1 is 1.33 bits per heavy atom. The van der Waals surface area contributed by atoms with Gasteiger partial charge in [0.15, 0.2) is 0 Å². The van der Waals surface area contributed by atoms with Crippen LogP contribution in [0.2, 0.25) is 0 Å². The maximum atomic E-state index is 12.9. The smallest absolute Gasteiger partial charge is 0.387 e. The number of rotatable bonds is 5. The number of anilines is 1. The van der Waals surface area contributed by atoms with Crippen LogP contribution in [0.1, 0.15) is 29.3 Å². The van der Waals surface area contributed by atoms with Crippen LogP contribution in [0.5, 0.6) is 0 Å². The first-order valence-corrected chi connectivity index (χ1v) is 6.14. The molecule has 5 nitrogen and oxygen atoms in total. The van der Waals surface area contributed by atoms with Gasteiger partial charge in [-0.2, -0.15) is 13.2 Å². The summed E-state index contributed by atoms with van der Waals surface area (Å²) in [4.78, 5) is 22.8. The minimum Gasteiger partial charge on any atom is -0.387 e. The van der Waals surface area contributed by atoms with Gasteiger partial charge in [-0.1, -0.05) is 6.07 Å². The van der Waals surface area contributed by atoms with Crippen molar-refractivity contribution in [2.24, 2.45) is 5.73 Å². The van der Waals surface area contributed by atoms with E-state index >= 15 is 0 Å². The number of benzene rings is 1. The van der Waals surface area contributed by atoms with E-state index in [0.717, 1.165) is 12.1 Å². The molecule has 0 aliphatic rings. The number of carbonyl (C=O) groups excluding carboxylic acids is 2. The first-order chi connectivity index (χ1) is 9.66. The topological polar surface area (TPSA) is 84.2 Å². The Hall–Kier alpha value is -2.25. The number of nitrogens with two attached hydrogens (primary N) is 1. The van der Waals surface area contributed by atoms with E-state index in [1.807, 2.05) is 0 Å². The van der Waals surface area contributed by atoms with E-state index < -0.39 is 29.6 Å². The van der Waals surface area contributed by atoms with E-state index in [0.29, 0.717) is 0 Å². The molecule has 8 heteroatoms. The van der Waals surface area contributed by atoms with Crippen LogP contribution >= 0.6 is 0 Å². The first kappa shape index (κ1) is 16.8. The fourth-order valence-electron chi connectivity index (χ4n) is 1.90. The lowest BCUT2D eigenvalue weighted by atomic mass is 10.1. The van der Waals surface area contributed by atoms with Gasteiger partial charge in [0.25, 0.3) is 5.91 Å². The third-order valence-electron chi connectivity index (χ3n) is 2.75. The van der Waals surface area contributed by atoms with Gasteiger partial charge in [0.2, 0.25) is 5.91 Å². The molecule has 1 atom stereocenters. The van der Waals surface area contributed by atoms with Crippen LogP contribution in [-0.4, -0.2) is 24.9 Å². The summed E-state index contributed by atoms with van der Waals surface area (Å²) in [5.74, 6) is -1.32. The fraction of sp³-hybridized carbons (Fsp3) is 0.385. The lowest BCUT2D eigenvalue weighted by molar-refractivity contribution is -0.137. The van der Waals surface area contributed by atoms with Gasteiger partial charge in [-0.05, 0) is 19.1 Å². The normalized spacial score (nSPS) is 12.6. The van der Waals surface area contributed by atoms with Gasteiger partial charge in [-0.3, -0.25) is 9.59 Å². The summed E-state index contributed by atoms with van der Waals surface area (Å²) in [6.07, 6.45) is -4.67. The highest BCUT2D eigenvalue weighted by Crippen LogP contribution is 2.36. The zero-order chi connectivity index (χ0) is 16.2. The van der Waals surface area contributed by atoms with Gasteiger partial charge < -0.3 is 16.4 Å². The Labute approximate surface area is 119 Å². The Morgan fingerprint density at radius 2 is 1.95 bits per heavy atom. The predicted octanol–water partition coefficient (Wildman–Crippen LogP) is 1.74. The summed E-state index contributed by atoms with van der Waals surface area (Å²) < 4.78 is 38.6. The maximum Gasteiger partial charge on any atom is 0.418 e. The SMILES string of the molecule is CNc1c(C(=O)NC(C)CC(N)=O)cccc1C(F)(F)F. The summed E-state index contributed by atoms with van der Waals surface area (Å²) in [5.41, 5.74) is 3.60. The molecule has 1 rings (SSSR count). The van der Waals surface area contributed by atoms with E-state index in [-0.39, 0.29) is 17.7 Å². The average molecular weight is 303 g/mol. The zero-order valence-corrected chi connectivity index (χ0v) is 11.5. The number of nitrogens with one attached hydrogen (secondary N) is 2. The number of carbonyl (C=O) groups is 2. The van der Waals surface area contributed by atoms with Crippen molar-refractivity contribution in [2.75, 3.05) is 12.4 Å². The molecule has 2 amide bonds. The number of primary amides is 1. The molecule has 1 unspecified atom stereocenters. The van der Waals surface area contributed by atoms with Crippen molar-refractivity contribution in [1.29, 1.82) is 0 Å². The van der Waals surface area contributed by atoms with Crippen molar-refractivity contribution < 1.29 is 22.8 Å². The molecule has 0 fully saturated rings. The number of para-hydroxylation sites is 1. The summed E-state index contributed by atoms with van der Waals surface area (Å²) in [5, 5.41) is 4.83. The third kappa shape index (κ3) is 4.37. The van der Waals surface area contributed by atoms with Crippen LogP contribution < -0.4 is 16.4 Å². The molecule has 0 bridgehead atoms.